The third-order valence-corrected chi connectivity index (χ3v) is 3.09. The average molecular weight is 170 g/mol. The van der Waals surface area contributed by atoms with E-state index in [1.807, 2.05) is 0 Å². The van der Waals surface area contributed by atoms with Gasteiger partial charge < -0.3 is 11.1 Å². The van der Waals surface area contributed by atoms with E-state index in [-0.39, 0.29) is 0 Å². The minimum absolute atomic E-state index is 0.457. The van der Waals surface area contributed by atoms with Crippen molar-refractivity contribution in [2.75, 3.05) is 13.6 Å². The highest BCUT2D eigenvalue weighted by Crippen LogP contribution is 2.49. The molecule has 1 aliphatic rings. The molecule has 0 aromatic heterocycles. The molecule has 0 heterocycles. The Morgan fingerprint density at radius 2 is 2.00 bits per heavy atom. The minimum Gasteiger partial charge on any atom is -0.330 e. The van der Waals surface area contributed by atoms with Gasteiger partial charge in [0.2, 0.25) is 0 Å². The summed E-state index contributed by atoms with van der Waals surface area (Å²) in [6, 6.07) is 0.641. The number of hydrogen-bond acceptors (Lipinski definition) is 2. The summed E-state index contributed by atoms with van der Waals surface area (Å²) in [5.74, 6) is 0.770. The molecule has 2 heteroatoms. The molecule has 1 atom stereocenters. The van der Waals surface area contributed by atoms with Crippen LogP contribution in [0.3, 0.4) is 0 Å². The van der Waals surface area contributed by atoms with Gasteiger partial charge in [-0.25, -0.2) is 0 Å². The van der Waals surface area contributed by atoms with E-state index in [9.17, 15) is 0 Å². The monoisotopic (exact) mass is 170 g/mol. The van der Waals surface area contributed by atoms with Crippen LogP contribution < -0.4 is 11.1 Å². The first-order valence-corrected chi connectivity index (χ1v) is 5.02. The molecule has 0 bridgehead atoms. The second-order valence-corrected chi connectivity index (χ2v) is 4.54. The molecule has 0 radical (unpaired) electrons. The topological polar surface area (TPSA) is 38.0 Å². The summed E-state index contributed by atoms with van der Waals surface area (Å²) in [4.78, 5) is 0. The van der Waals surface area contributed by atoms with Crippen LogP contribution in [-0.4, -0.2) is 19.6 Å². The molecule has 0 amide bonds. The number of rotatable bonds is 5. The number of nitrogens with two attached hydrogens (primary N) is 1. The van der Waals surface area contributed by atoms with Crippen LogP contribution in [0.5, 0.6) is 0 Å². The lowest BCUT2D eigenvalue weighted by Crippen LogP contribution is -2.40. The van der Waals surface area contributed by atoms with Crippen molar-refractivity contribution in [3.05, 3.63) is 0 Å². The maximum atomic E-state index is 5.78. The van der Waals surface area contributed by atoms with Crippen molar-refractivity contribution in [1.82, 2.24) is 5.32 Å². The van der Waals surface area contributed by atoms with Gasteiger partial charge in [0.05, 0.1) is 0 Å². The van der Waals surface area contributed by atoms with E-state index >= 15 is 0 Å². The zero-order valence-electron chi connectivity index (χ0n) is 8.56. The Morgan fingerprint density at radius 1 is 1.42 bits per heavy atom. The van der Waals surface area contributed by atoms with Crippen molar-refractivity contribution >= 4 is 0 Å². The van der Waals surface area contributed by atoms with Gasteiger partial charge in [0.25, 0.3) is 0 Å². The van der Waals surface area contributed by atoms with Crippen molar-refractivity contribution in [1.29, 1.82) is 0 Å². The van der Waals surface area contributed by atoms with E-state index in [2.05, 4.69) is 26.2 Å². The van der Waals surface area contributed by atoms with Gasteiger partial charge in [-0.2, -0.15) is 0 Å². The number of hydrogen-bond donors (Lipinski definition) is 2. The normalized spacial score (nSPS) is 22.8. The molecule has 1 fully saturated rings. The van der Waals surface area contributed by atoms with E-state index in [1.54, 1.807) is 0 Å². The second-order valence-electron chi connectivity index (χ2n) is 4.54. The Kier molecular flexibility index (Phi) is 3.13. The lowest BCUT2D eigenvalue weighted by Gasteiger charge is -2.26. The predicted molar refractivity (Wildman–Crippen MR) is 53.0 cm³/mol. The molecule has 1 aliphatic carbocycles. The molecule has 0 spiro atoms. The van der Waals surface area contributed by atoms with E-state index < -0.39 is 0 Å². The second kappa shape index (κ2) is 3.75. The SMILES string of the molecule is CNC(CC(C)C)C1(CN)CC1. The van der Waals surface area contributed by atoms with Crippen LogP contribution in [0.15, 0.2) is 0 Å². The fourth-order valence-electron chi connectivity index (χ4n) is 2.00. The lowest BCUT2D eigenvalue weighted by atomic mass is 9.89. The first-order chi connectivity index (χ1) is 5.64. The van der Waals surface area contributed by atoms with Crippen LogP contribution in [0.4, 0.5) is 0 Å². The Balaban J connectivity index is 2.44. The highest BCUT2D eigenvalue weighted by molar-refractivity contribution is 5.02. The summed E-state index contributed by atoms with van der Waals surface area (Å²) in [6.45, 7) is 5.40. The van der Waals surface area contributed by atoms with Crippen LogP contribution >= 0.6 is 0 Å². The van der Waals surface area contributed by atoms with Gasteiger partial charge in [-0.05, 0) is 44.2 Å². The molecular formula is C10H22N2. The molecular weight excluding hydrogens is 148 g/mol. The molecule has 1 rings (SSSR count). The van der Waals surface area contributed by atoms with Crippen molar-refractivity contribution in [3.8, 4) is 0 Å². The van der Waals surface area contributed by atoms with Crippen LogP contribution in [0, 0.1) is 11.3 Å². The average Bonchev–Trinajstić information content (AvgIpc) is 2.80. The summed E-state index contributed by atoms with van der Waals surface area (Å²) in [5.41, 5.74) is 6.24. The molecule has 1 saturated carbocycles. The van der Waals surface area contributed by atoms with Gasteiger partial charge in [-0.15, -0.1) is 0 Å². The van der Waals surface area contributed by atoms with Crippen LogP contribution in [0.1, 0.15) is 33.1 Å². The molecule has 0 saturated heterocycles. The van der Waals surface area contributed by atoms with Crippen LogP contribution in [0.25, 0.3) is 0 Å². The summed E-state index contributed by atoms with van der Waals surface area (Å²) in [6.07, 6.45) is 3.90. The molecule has 1 unspecified atom stereocenters. The first-order valence-electron chi connectivity index (χ1n) is 5.02. The maximum absolute atomic E-state index is 5.78. The highest BCUT2D eigenvalue weighted by Gasteiger charge is 2.47. The van der Waals surface area contributed by atoms with Gasteiger partial charge in [0, 0.05) is 6.04 Å². The van der Waals surface area contributed by atoms with Crippen molar-refractivity contribution in [2.24, 2.45) is 17.1 Å². The van der Waals surface area contributed by atoms with Crippen LogP contribution in [-0.2, 0) is 0 Å². The minimum atomic E-state index is 0.457. The summed E-state index contributed by atoms with van der Waals surface area (Å²) >= 11 is 0. The van der Waals surface area contributed by atoms with E-state index in [1.165, 1.54) is 19.3 Å². The molecule has 0 aromatic carbocycles. The van der Waals surface area contributed by atoms with Crippen LogP contribution in [0.2, 0.25) is 0 Å². The zero-order valence-corrected chi connectivity index (χ0v) is 8.56. The van der Waals surface area contributed by atoms with Crippen molar-refractivity contribution in [3.63, 3.8) is 0 Å². The lowest BCUT2D eigenvalue weighted by molar-refractivity contribution is 0.306. The number of nitrogens with one attached hydrogen (secondary N) is 1. The van der Waals surface area contributed by atoms with Gasteiger partial charge in [0.15, 0.2) is 0 Å². The predicted octanol–water partition coefficient (Wildman–Crippen LogP) is 1.36. The zero-order chi connectivity index (χ0) is 9.19. The fourth-order valence-corrected chi connectivity index (χ4v) is 2.00. The Labute approximate surface area is 75.9 Å². The Bertz CT molecular complexity index is 139. The fraction of sp³-hybridized carbons (Fsp3) is 1.00. The highest BCUT2D eigenvalue weighted by atomic mass is 14.9. The van der Waals surface area contributed by atoms with E-state index in [0.29, 0.717) is 11.5 Å². The molecule has 12 heavy (non-hydrogen) atoms. The van der Waals surface area contributed by atoms with E-state index in [0.717, 1.165) is 12.5 Å². The third kappa shape index (κ3) is 1.99. The van der Waals surface area contributed by atoms with Crippen molar-refractivity contribution in [2.45, 2.75) is 39.2 Å². The Hall–Kier alpha value is -0.0800. The molecule has 72 valence electrons. The molecule has 2 nitrogen and oxygen atoms in total. The molecule has 3 N–H and O–H groups in total. The standard InChI is InChI=1S/C10H22N2/c1-8(2)6-9(12-3)10(7-11)4-5-10/h8-9,12H,4-7,11H2,1-3H3. The van der Waals surface area contributed by atoms with Gasteiger partial charge in [0.1, 0.15) is 0 Å². The first kappa shape index (κ1) is 10.0. The molecule has 0 aliphatic heterocycles. The third-order valence-electron chi connectivity index (χ3n) is 3.09. The smallest absolute Gasteiger partial charge is 0.0135 e. The Morgan fingerprint density at radius 3 is 2.25 bits per heavy atom. The van der Waals surface area contributed by atoms with Gasteiger partial charge >= 0.3 is 0 Å². The van der Waals surface area contributed by atoms with Crippen molar-refractivity contribution < 1.29 is 0 Å². The van der Waals surface area contributed by atoms with Gasteiger partial charge in [-0.1, -0.05) is 13.8 Å². The van der Waals surface area contributed by atoms with E-state index in [4.69, 9.17) is 5.73 Å². The summed E-state index contributed by atoms with van der Waals surface area (Å²) in [5, 5.41) is 3.41. The summed E-state index contributed by atoms with van der Waals surface area (Å²) < 4.78 is 0. The maximum Gasteiger partial charge on any atom is 0.0135 e. The largest absolute Gasteiger partial charge is 0.330 e. The van der Waals surface area contributed by atoms with Gasteiger partial charge in [-0.3, -0.25) is 0 Å². The quantitative estimate of drug-likeness (QED) is 0.654. The summed E-state index contributed by atoms with van der Waals surface area (Å²) in [7, 11) is 2.06. The molecule has 0 aromatic rings.